The Morgan fingerprint density at radius 1 is 1.02 bits per heavy atom. The molecule has 9 nitrogen and oxygen atoms in total. The Balaban J connectivity index is 1.47. The Hall–Kier alpha value is -2.85. The summed E-state index contributed by atoms with van der Waals surface area (Å²) in [6.07, 6.45) is 5.60. The molecule has 3 amide bonds. The Kier molecular flexibility index (Phi) is 10.7. The number of halogens is 2. The standard InChI is InChI=1S/C29H37Cl2N5O4/c30-22-8-4-5-9-26(22)40-29(39)35-12-13-36(28(38)24(33)15-19-6-2-1-3-7-19)25(18-35)27(37)34-17-20-10-11-21(16-32)23(31)14-20/h4-5,8-11,14,19,24-25H,1-3,6-7,12-13,15-18,32-33H2,(H,34,37)/t24-,25+/m1/s1. The Bertz CT molecular complexity index is 1210. The van der Waals surface area contributed by atoms with Crippen LogP contribution in [0.25, 0.3) is 0 Å². The first-order valence-electron chi connectivity index (χ1n) is 13.8. The summed E-state index contributed by atoms with van der Waals surface area (Å²) in [6, 6.07) is 10.4. The van der Waals surface area contributed by atoms with Crippen molar-refractivity contribution >= 4 is 41.1 Å². The summed E-state index contributed by atoms with van der Waals surface area (Å²) < 4.78 is 5.49. The number of ether oxygens (including phenoxy) is 1. The van der Waals surface area contributed by atoms with E-state index in [9.17, 15) is 14.4 Å². The molecule has 2 fully saturated rings. The van der Waals surface area contributed by atoms with Gasteiger partial charge in [-0.1, -0.05) is 79.6 Å². The molecular formula is C29H37Cl2N5O4. The molecule has 2 aromatic carbocycles. The number of nitrogens with two attached hydrogens (primary N) is 2. The fraction of sp³-hybridized carbons (Fsp3) is 0.483. The fourth-order valence-corrected chi connectivity index (χ4v) is 5.85. The number of para-hydroxylation sites is 1. The van der Waals surface area contributed by atoms with Crippen LogP contribution < -0.4 is 21.5 Å². The number of carbonyl (C=O) groups is 3. The first-order valence-corrected chi connectivity index (χ1v) is 14.5. The van der Waals surface area contributed by atoms with Crippen LogP contribution in [-0.4, -0.2) is 59.4 Å². The van der Waals surface area contributed by atoms with E-state index in [4.69, 9.17) is 39.4 Å². The van der Waals surface area contributed by atoms with Gasteiger partial charge < -0.3 is 31.3 Å². The monoisotopic (exact) mass is 589 g/mol. The van der Waals surface area contributed by atoms with Gasteiger partial charge in [0.1, 0.15) is 6.04 Å². The summed E-state index contributed by atoms with van der Waals surface area (Å²) in [5.74, 6) is -0.0400. The van der Waals surface area contributed by atoms with Gasteiger partial charge in [-0.05, 0) is 41.7 Å². The molecule has 1 aliphatic carbocycles. The average Bonchev–Trinajstić information content (AvgIpc) is 2.97. The molecule has 1 heterocycles. The second-order valence-corrected chi connectivity index (χ2v) is 11.3. The molecule has 5 N–H and O–H groups in total. The smallest absolute Gasteiger partial charge is 0.409 e. The predicted octanol–water partition coefficient (Wildman–Crippen LogP) is 4.08. The van der Waals surface area contributed by atoms with Crippen molar-refractivity contribution in [1.82, 2.24) is 15.1 Å². The van der Waals surface area contributed by atoms with Gasteiger partial charge in [0.25, 0.3) is 0 Å². The van der Waals surface area contributed by atoms with Gasteiger partial charge >= 0.3 is 6.09 Å². The van der Waals surface area contributed by atoms with Gasteiger partial charge in [-0.3, -0.25) is 9.59 Å². The van der Waals surface area contributed by atoms with Gasteiger partial charge in [0.05, 0.1) is 17.6 Å². The lowest BCUT2D eigenvalue weighted by atomic mass is 9.84. The predicted molar refractivity (Wildman–Crippen MR) is 155 cm³/mol. The van der Waals surface area contributed by atoms with E-state index in [1.807, 2.05) is 12.1 Å². The lowest BCUT2D eigenvalue weighted by molar-refractivity contribution is -0.144. The van der Waals surface area contributed by atoms with Gasteiger partial charge in [-0.15, -0.1) is 0 Å². The van der Waals surface area contributed by atoms with Crippen molar-refractivity contribution in [3.63, 3.8) is 0 Å². The highest BCUT2D eigenvalue weighted by molar-refractivity contribution is 6.32. The van der Waals surface area contributed by atoms with Crippen LogP contribution in [0.2, 0.25) is 10.0 Å². The minimum absolute atomic E-state index is 0.0378. The minimum Gasteiger partial charge on any atom is -0.409 e. The molecule has 0 aromatic heterocycles. The van der Waals surface area contributed by atoms with Crippen LogP contribution in [0.1, 0.15) is 49.7 Å². The van der Waals surface area contributed by atoms with E-state index >= 15 is 0 Å². The third kappa shape index (κ3) is 7.66. The van der Waals surface area contributed by atoms with E-state index in [-0.39, 0.29) is 37.8 Å². The van der Waals surface area contributed by atoms with Crippen molar-refractivity contribution < 1.29 is 19.1 Å². The maximum atomic E-state index is 13.5. The van der Waals surface area contributed by atoms with Crippen LogP contribution in [0.5, 0.6) is 5.75 Å². The molecule has 0 bridgehead atoms. The van der Waals surface area contributed by atoms with Crippen LogP contribution in [0.3, 0.4) is 0 Å². The van der Waals surface area contributed by atoms with Crippen molar-refractivity contribution in [1.29, 1.82) is 0 Å². The molecule has 1 saturated carbocycles. The fourth-order valence-electron chi connectivity index (χ4n) is 5.39. The summed E-state index contributed by atoms with van der Waals surface area (Å²) in [5, 5.41) is 3.71. The maximum absolute atomic E-state index is 13.5. The topological polar surface area (TPSA) is 131 Å². The van der Waals surface area contributed by atoms with Crippen LogP contribution in [0.15, 0.2) is 42.5 Å². The second kappa shape index (κ2) is 14.2. The number of piperazine rings is 1. The second-order valence-electron chi connectivity index (χ2n) is 10.5. The molecule has 2 atom stereocenters. The molecule has 216 valence electrons. The molecule has 0 radical (unpaired) electrons. The van der Waals surface area contributed by atoms with E-state index in [1.54, 1.807) is 30.3 Å². The number of nitrogens with one attached hydrogen (secondary N) is 1. The summed E-state index contributed by atoms with van der Waals surface area (Å²) in [6.45, 7) is 0.824. The SMILES string of the molecule is NCc1ccc(CNC(=O)[C@@H]2CN(C(=O)Oc3ccccc3Cl)CCN2C(=O)[C@H](N)CC2CCCCC2)cc1Cl. The number of carbonyl (C=O) groups excluding carboxylic acids is 3. The van der Waals surface area contributed by atoms with Crippen LogP contribution in [0, 0.1) is 5.92 Å². The highest BCUT2D eigenvalue weighted by Gasteiger charge is 2.39. The zero-order valence-corrected chi connectivity index (χ0v) is 24.0. The highest BCUT2D eigenvalue weighted by Crippen LogP contribution is 2.28. The molecular weight excluding hydrogens is 553 g/mol. The number of rotatable bonds is 8. The quantitative estimate of drug-likeness (QED) is 0.425. The first kappa shape index (κ1) is 30.1. The van der Waals surface area contributed by atoms with Crippen molar-refractivity contribution in [2.24, 2.45) is 17.4 Å². The number of nitrogens with zero attached hydrogens (tertiary/aromatic N) is 2. The molecule has 1 saturated heterocycles. The number of amides is 3. The molecule has 0 spiro atoms. The van der Waals surface area contributed by atoms with E-state index in [1.165, 1.54) is 16.2 Å². The third-order valence-electron chi connectivity index (χ3n) is 7.69. The summed E-state index contributed by atoms with van der Waals surface area (Å²) >= 11 is 12.4. The normalized spacial score (nSPS) is 18.8. The number of hydrogen-bond donors (Lipinski definition) is 3. The van der Waals surface area contributed by atoms with E-state index < -0.39 is 24.1 Å². The third-order valence-corrected chi connectivity index (χ3v) is 8.36. The lowest BCUT2D eigenvalue weighted by Crippen LogP contribution is -2.64. The molecule has 11 heteroatoms. The maximum Gasteiger partial charge on any atom is 0.415 e. The van der Waals surface area contributed by atoms with Gasteiger partial charge in [-0.2, -0.15) is 0 Å². The Labute approximate surface area is 245 Å². The Morgan fingerprint density at radius 3 is 2.48 bits per heavy atom. The van der Waals surface area contributed by atoms with E-state index in [0.717, 1.165) is 36.8 Å². The molecule has 2 aromatic rings. The largest absolute Gasteiger partial charge is 0.415 e. The summed E-state index contributed by atoms with van der Waals surface area (Å²) in [4.78, 5) is 42.9. The molecule has 1 aliphatic heterocycles. The number of benzene rings is 2. The number of hydrogen-bond acceptors (Lipinski definition) is 6. The van der Waals surface area contributed by atoms with Gasteiger partial charge in [0.15, 0.2) is 5.75 Å². The van der Waals surface area contributed by atoms with Crippen molar-refractivity contribution in [2.45, 2.75) is 63.7 Å². The first-order chi connectivity index (χ1) is 19.3. The highest BCUT2D eigenvalue weighted by atomic mass is 35.5. The average molecular weight is 591 g/mol. The molecule has 0 unspecified atom stereocenters. The van der Waals surface area contributed by atoms with Gasteiger partial charge in [0, 0.05) is 31.2 Å². The van der Waals surface area contributed by atoms with Gasteiger partial charge in [0.2, 0.25) is 11.8 Å². The summed E-state index contributed by atoms with van der Waals surface area (Å²) in [5.41, 5.74) is 13.7. The van der Waals surface area contributed by atoms with E-state index in [0.29, 0.717) is 28.9 Å². The van der Waals surface area contributed by atoms with Crippen LogP contribution in [-0.2, 0) is 22.7 Å². The zero-order chi connectivity index (χ0) is 28.6. The lowest BCUT2D eigenvalue weighted by Gasteiger charge is -2.41. The van der Waals surface area contributed by atoms with Crippen molar-refractivity contribution in [3.8, 4) is 5.75 Å². The minimum atomic E-state index is -0.934. The molecule has 4 rings (SSSR count). The van der Waals surface area contributed by atoms with E-state index in [2.05, 4.69) is 5.32 Å². The van der Waals surface area contributed by atoms with Crippen LogP contribution in [0.4, 0.5) is 4.79 Å². The van der Waals surface area contributed by atoms with Crippen molar-refractivity contribution in [2.75, 3.05) is 19.6 Å². The molecule has 40 heavy (non-hydrogen) atoms. The van der Waals surface area contributed by atoms with Crippen LogP contribution >= 0.6 is 23.2 Å². The van der Waals surface area contributed by atoms with Gasteiger partial charge in [-0.25, -0.2) is 4.79 Å². The Morgan fingerprint density at radius 2 is 1.77 bits per heavy atom. The molecule has 2 aliphatic rings. The summed E-state index contributed by atoms with van der Waals surface area (Å²) in [7, 11) is 0. The zero-order valence-electron chi connectivity index (χ0n) is 22.5. The van der Waals surface area contributed by atoms with Crippen molar-refractivity contribution in [3.05, 3.63) is 63.6 Å².